The number of amides is 1. The minimum Gasteiger partial charge on any atom is -0.308 e. The van der Waals surface area contributed by atoms with Gasteiger partial charge in [-0.3, -0.25) is 4.79 Å². The Balaban J connectivity index is 2.06. The number of likely N-dealkylation sites (N-methyl/N-ethyl adjacent to an activating group) is 1. The molecule has 2 heterocycles. The number of fused-ring (bicyclic) bond motifs is 3. The standard InChI is InChI=1S/C16H22N2O/c1-4-16(19)18-14-6-5-11(2)9-12(14)13-10-17(3)8-7-15(13)18/h5-6,9,13,15H,4,7-8,10H2,1-3H3/t13-,15+/m1/s1. The van der Waals surface area contributed by atoms with Gasteiger partial charge in [-0.2, -0.15) is 0 Å². The fraction of sp³-hybridized carbons (Fsp3) is 0.562. The lowest BCUT2D eigenvalue weighted by Crippen LogP contribution is -2.46. The Morgan fingerprint density at radius 3 is 2.95 bits per heavy atom. The monoisotopic (exact) mass is 258 g/mol. The quantitative estimate of drug-likeness (QED) is 0.773. The zero-order valence-electron chi connectivity index (χ0n) is 12.0. The second-order valence-electron chi connectivity index (χ2n) is 5.90. The van der Waals surface area contributed by atoms with Crippen molar-refractivity contribution in [1.82, 2.24) is 4.90 Å². The summed E-state index contributed by atoms with van der Waals surface area (Å²) in [6, 6.07) is 6.90. The summed E-state index contributed by atoms with van der Waals surface area (Å²) in [7, 11) is 2.18. The molecule has 3 nitrogen and oxygen atoms in total. The molecule has 0 aliphatic carbocycles. The average molecular weight is 258 g/mol. The average Bonchev–Trinajstić information content (AvgIpc) is 2.71. The van der Waals surface area contributed by atoms with Crippen LogP contribution in [0.3, 0.4) is 0 Å². The van der Waals surface area contributed by atoms with E-state index in [-0.39, 0.29) is 5.91 Å². The number of benzene rings is 1. The van der Waals surface area contributed by atoms with Crippen LogP contribution in [0.2, 0.25) is 0 Å². The molecule has 1 saturated heterocycles. The molecule has 2 aliphatic rings. The van der Waals surface area contributed by atoms with Gasteiger partial charge in [-0.1, -0.05) is 24.6 Å². The normalized spacial score (nSPS) is 26.2. The van der Waals surface area contributed by atoms with Crippen molar-refractivity contribution < 1.29 is 4.79 Å². The van der Waals surface area contributed by atoms with Crippen molar-refractivity contribution in [2.75, 3.05) is 25.0 Å². The maximum absolute atomic E-state index is 12.3. The van der Waals surface area contributed by atoms with Gasteiger partial charge < -0.3 is 9.80 Å². The van der Waals surface area contributed by atoms with E-state index in [0.29, 0.717) is 18.4 Å². The Morgan fingerprint density at radius 2 is 2.21 bits per heavy atom. The van der Waals surface area contributed by atoms with Crippen molar-refractivity contribution in [2.24, 2.45) is 0 Å². The van der Waals surface area contributed by atoms with Crippen LogP contribution in [0.1, 0.15) is 36.8 Å². The van der Waals surface area contributed by atoms with E-state index in [1.54, 1.807) is 0 Å². The largest absolute Gasteiger partial charge is 0.308 e. The van der Waals surface area contributed by atoms with Gasteiger partial charge in [-0.15, -0.1) is 0 Å². The second kappa shape index (κ2) is 4.64. The highest BCUT2D eigenvalue weighted by atomic mass is 16.2. The van der Waals surface area contributed by atoms with E-state index < -0.39 is 0 Å². The lowest BCUT2D eigenvalue weighted by Gasteiger charge is -2.36. The molecule has 2 atom stereocenters. The maximum atomic E-state index is 12.3. The van der Waals surface area contributed by atoms with E-state index in [2.05, 4.69) is 42.0 Å². The number of likely N-dealkylation sites (tertiary alicyclic amines) is 1. The number of piperidine rings is 1. The summed E-state index contributed by atoms with van der Waals surface area (Å²) >= 11 is 0. The van der Waals surface area contributed by atoms with Gasteiger partial charge in [0.05, 0.1) is 0 Å². The molecular formula is C16H22N2O. The van der Waals surface area contributed by atoms with E-state index >= 15 is 0 Å². The second-order valence-corrected chi connectivity index (χ2v) is 5.90. The molecule has 0 unspecified atom stereocenters. The van der Waals surface area contributed by atoms with Crippen LogP contribution in [0.4, 0.5) is 5.69 Å². The zero-order chi connectivity index (χ0) is 13.6. The highest BCUT2D eigenvalue weighted by Gasteiger charge is 2.43. The molecular weight excluding hydrogens is 236 g/mol. The van der Waals surface area contributed by atoms with Crippen LogP contribution in [0, 0.1) is 6.92 Å². The molecule has 1 aromatic carbocycles. The van der Waals surface area contributed by atoms with E-state index in [9.17, 15) is 4.79 Å². The summed E-state index contributed by atoms with van der Waals surface area (Å²) in [5.41, 5.74) is 3.82. The van der Waals surface area contributed by atoms with Gasteiger partial charge in [-0.25, -0.2) is 0 Å². The molecule has 1 amide bonds. The fourth-order valence-corrected chi connectivity index (χ4v) is 3.58. The minimum atomic E-state index is 0.266. The molecule has 0 bridgehead atoms. The van der Waals surface area contributed by atoms with Crippen molar-refractivity contribution in [3.8, 4) is 0 Å². The smallest absolute Gasteiger partial charge is 0.226 e. The van der Waals surface area contributed by atoms with E-state index in [1.807, 2.05) is 6.92 Å². The van der Waals surface area contributed by atoms with Gasteiger partial charge >= 0.3 is 0 Å². The van der Waals surface area contributed by atoms with Gasteiger partial charge in [0.25, 0.3) is 0 Å². The predicted octanol–water partition coefficient (Wildman–Crippen LogP) is 2.54. The number of anilines is 1. The summed E-state index contributed by atoms with van der Waals surface area (Å²) in [6.07, 6.45) is 1.67. The highest BCUT2D eigenvalue weighted by molar-refractivity contribution is 5.96. The summed E-state index contributed by atoms with van der Waals surface area (Å²) in [4.78, 5) is 16.8. The van der Waals surface area contributed by atoms with Crippen LogP contribution in [0.25, 0.3) is 0 Å². The van der Waals surface area contributed by atoms with Crippen molar-refractivity contribution in [2.45, 2.75) is 38.6 Å². The lowest BCUT2D eigenvalue weighted by molar-refractivity contribution is -0.118. The molecule has 1 fully saturated rings. The Kier molecular flexibility index (Phi) is 3.09. The summed E-state index contributed by atoms with van der Waals surface area (Å²) in [5, 5.41) is 0. The summed E-state index contributed by atoms with van der Waals surface area (Å²) in [6.45, 7) is 6.24. The van der Waals surface area contributed by atoms with Crippen LogP contribution >= 0.6 is 0 Å². The first kappa shape index (κ1) is 12.7. The van der Waals surface area contributed by atoms with Gasteiger partial charge in [0.2, 0.25) is 5.91 Å². The molecule has 0 aromatic heterocycles. The van der Waals surface area contributed by atoms with Crippen molar-refractivity contribution in [3.05, 3.63) is 29.3 Å². The Bertz CT molecular complexity index is 511. The van der Waals surface area contributed by atoms with Crippen LogP contribution in [-0.4, -0.2) is 37.0 Å². The summed E-state index contributed by atoms with van der Waals surface area (Å²) < 4.78 is 0. The number of aryl methyl sites for hydroxylation is 1. The third-order valence-electron chi connectivity index (χ3n) is 4.52. The summed E-state index contributed by atoms with van der Waals surface area (Å²) in [5.74, 6) is 0.756. The molecule has 0 saturated carbocycles. The van der Waals surface area contributed by atoms with Crippen LogP contribution < -0.4 is 4.90 Å². The Hall–Kier alpha value is -1.35. The first-order valence-corrected chi connectivity index (χ1v) is 7.23. The number of hydrogen-bond acceptors (Lipinski definition) is 2. The highest BCUT2D eigenvalue weighted by Crippen LogP contribution is 2.45. The van der Waals surface area contributed by atoms with Gasteiger partial charge in [0.1, 0.15) is 0 Å². The first-order valence-electron chi connectivity index (χ1n) is 7.23. The Morgan fingerprint density at radius 1 is 1.42 bits per heavy atom. The third kappa shape index (κ3) is 1.96. The van der Waals surface area contributed by atoms with Gasteiger partial charge in [-0.05, 0) is 38.6 Å². The van der Waals surface area contributed by atoms with E-state index in [1.165, 1.54) is 11.1 Å². The molecule has 3 heteroatoms. The molecule has 0 spiro atoms. The fourth-order valence-electron chi connectivity index (χ4n) is 3.58. The Labute approximate surface area is 115 Å². The number of rotatable bonds is 1. The van der Waals surface area contributed by atoms with Gasteiger partial charge in [0, 0.05) is 30.6 Å². The van der Waals surface area contributed by atoms with Crippen LogP contribution in [0.15, 0.2) is 18.2 Å². The molecule has 0 N–H and O–H groups in total. The van der Waals surface area contributed by atoms with Crippen LogP contribution in [-0.2, 0) is 4.79 Å². The molecule has 2 aliphatic heterocycles. The lowest BCUT2D eigenvalue weighted by atomic mass is 9.89. The molecule has 3 rings (SSSR count). The number of nitrogens with zero attached hydrogens (tertiary/aromatic N) is 2. The van der Waals surface area contributed by atoms with E-state index in [4.69, 9.17) is 0 Å². The number of hydrogen-bond donors (Lipinski definition) is 0. The predicted molar refractivity (Wildman–Crippen MR) is 77.6 cm³/mol. The van der Waals surface area contributed by atoms with Crippen molar-refractivity contribution >= 4 is 11.6 Å². The van der Waals surface area contributed by atoms with E-state index in [0.717, 1.165) is 25.2 Å². The number of carbonyl (C=O) groups excluding carboxylic acids is 1. The molecule has 0 radical (unpaired) electrons. The van der Waals surface area contributed by atoms with Crippen molar-refractivity contribution in [3.63, 3.8) is 0 Å². The number of carbonyl (C=O) groups is 1. The maximum Gasteiger partial charge on any atom is 0.226 e. The first-order chi connectivity index (χ1) is 9.11. The molecule has 102 valence electrons. The van der Waals surface area contributed by atoms with Gasteiger partial charge in [0.15, 0.2) is 0 Å². The zero-order valence-corrected chi connectivity index (χ0v) is 12.0. The SMILES string of the molecule is CCC(=O)N1c2ccc(C)cc2[C@H]2CN(C)CC[C@@H]21. The van der Waals surface area contributed by atoms with Crippen molar-refractivity contribution in [1.29, 1.82) is 0 Å². The van der Waals surface area contributed by atoms with Crippen LogP contribution in [0.5, 0.6) is 0 Å². The third-order valence-corrected chi connectivity index (χ3v) is 4.52. The molecule has 1 aromatic rings. The minimum absolute atomic E-state index is 0.266. The molecule has 19 heavy (non-hydrogen) atoms. The topological polar surface area (TPSA) is 23.6 Å².